The molecule has 7 nitrogen and oxygen atoms in total. The van der Waals surface area contributed by atoms with Crippen molar-refractivity contribution in [1.82, 2.24) is 25.0 Å². The smallest absolute Gasteiger partial charge is 0.258 e. The van der Waals surface area contributed by atoms with Gasteiger partial charge in [0.1, 0.15) is 11.6 Å². The molecule has 0 saturated carbocycles. The van der Waals surface area contributed by atoms with Gasteiger partial charge in [-0.05, 0) is 57.0 Å². The van der Waals surface area contributed by atoms with Crippen molar-refractivity contribution in [2.75, 3.05) is 6.54 Å². The van der Waals surface area contributed by atoms with Gasteiger partial charge in [0.2, 0.25) is 11.7 Å². The van der Waals surface area contributed by atoms with Crippen LogP contribution in [0.15, 0.2) is 51.8 Å². The number of aryl methyl sites for hydroxylation is 2. The molecule has 0 aliphatic carbocycles. The van der Waals surface area contributed by atoms with E-state index in [-0.39, 0.29) is 11.4 Å². The molecule has 0 amide bonds. The minimum absolute atomic E-state index is 0.120. The Morgan fingerprint density at radius 3 is 2.79 bits per heavy atom. The average Bonchev–Trinajstić information content (AvgIpc) is 3.28. The summed E-state index contributed by atoms with van der Waals surface area (Å²) in [5.74, 6) is 1.27. The van der Waals surface area contributed by atoms with Gasteiger partial charge >= 0.3 is 0 Å². The fourth-order valence-electron chi connectivity index (χ4n) is 3.75. The third kappa shape index (κ3) is 5.34. The Balaban J connectivity index is 1.41. The normalized spacial score (nSPS) is 12.5. The summed E-state index contributed by atoms with van der Waals surface area (Å²) in [6.45, 7) is 7.34. The lowest BCUT2D eigenvalue weighted by Crippen LogP contribution is -2.34. The molecule has 8 heteroatoms. The molecule has 0 saturated heterocycles. The number of H-pyrrole nitrogens is 1. The standard InChI is InChI=1S/C25H28FN5O2/c1-4-17(3)31(15-22-27-21-9-6-5-8-19(21)25(32)28-22)13-7-10-23-29-24(30-33-23)18-12-11-16(2)20(26)14-18/h5-6,8-9,11-12,14,17H,4,7,10,13,15H2,1-3H3,(H,27,28,32). The zero-order chi connectivity index (χ0) is 23.4. The van der Waals surface area contributed by atoms with E-state index in [0.29, 0.717) is 58.6 Å². The van der Waals surface area contributed by atoms with Crippen LogP contribution in [0.2, 0.25) is 0 Å². The zero-order valence-corrected chi connectivity index (χ0v) is 19.1. The molecule has 1 unspecified atom stereocenters. The number of hydrogen-bond acceptors (Lipinski definition) is 6. The molecule has 172 valence electrons. The molecule has 0 spiro atoms. The van der Waals surface area contributed by atoms with E-state index >= 15 is 0 Å². The Labute approximate surface area is 191 Å². The lowest BCUT2D eigenvalue weighted by molar-refractivity contribution is 0.186. The zero-order valence-electron chi connectivity index (χ0n) is 19.1. The van der Waals surface area contributed by atoms with Gasteiger partial charge in [0.05, 0.1) is 17.4 Å². The third-order valence-electron chi connectivity index (χ3n) is 5.96. The highest BCUT2D eigenvalue weighted by molar-refractivity contribution is 5.77. The Morgan fingerprint density at radius 2 is 2.00 bits per heavy atom. The molecule has 4 aromatic rings. The number of hydrogen-bond donors (Lipinski definition) is 1. The summed E-state index contributed by atoms with van der Waals surface area (Å²) in [4.78, 5) is 26.7. The molecular formula is C25H28FN5O2. The molecule has 2 heterocycles. The van der Waals surface area contributed by atoms with Crippen LogP contribution in [0.1, 0.15) is 44.0 Å². The maximum absolute atomic E-state index is 13.8. The number of aromatic amines is 1. The molecule has 4 rings (SSSR count). The summed E-state index contributed by atoms with van der Waals surface area (Å²) in [5.41, 5.74) is 1.76. The summed E-state index contributed by atoms with van der Waals surface area (Å²) >= 11 is 0. The van der Waals surface area contributed by atoms with Gasteiger partial charge in [-0.15, -0.1) is 0 Å². The summed E-state index contributed by atoms with van der Waals surface area (Å²) in [7, 11) is 0. The second-order valence-corrected chi connectivity index (χ2v) is 8.34. The van der Waals surface area contributed by atoms with Crippen LogP contribution in [0, 0.1) is 12.7 Å². The molecule has 1 N–H and O–H groups in total. The highest BCUT2D eigenvalue weighted by atomic mass is 19.1. The van der Waals surface area contributed by atoms with E-state index in [9.17, 15) is 9.18 Å². The topological polar surface area (TPSA) is 87.9 Å². The Bertz CT molecular complexity index is 1300. The predicted octanol–water partition coefficient (Wildman–Crippen LogP) is 4.65. The number of rotatable bonds is 9. The number of aromatic nitrogens is 4. The first-order valence-corrected chi connectivity index (χ1v) is 11.3. The fourth-order valence-corrected chi connectivity index (χ4v) is 3.75. The van der Waals surface area contributed by atoms with Gasteiger partial charge in [-0.1, -0.05) is 36.3 Å². The lowest BCUT2D eigenvalue weighted by Gasteiger charge is -2.27. The van der Waals surface area contributed by atoms with Gasteiger partial charge in [-0.2, -0.15) is 4.98 Å². The van der Waals surface area contributed by atoms with Crippen molar-refractivity contribution in [3.8, 4) is 11.4 Å². The van der Waals surface area contributed by atoms with Gasteiger partial charge in [0, 0.05) is 18.0 Å². The number of benzene rings is 2. The van der Waals surface area contributed by atoms with Crippen molar-refractivity contribution >= 4 is 10.9 Å². The first-order valence-electron chi connectivity index (χ1n) is 11.3. The lowest BCUT2D eigenvalue weighted by atomic mass is 10.1. The Kier molecular flexibility index (Phi) is 6.93. The van der Waals surface area contributed by atoms with Crippen LogP contribution in [0.5, 0.6) is 0 Å². The highest BCUT2D eigenvalue weighted by Gasteiger charge is 2.16. The molecule has 33 heavy (non-hydrogen) atoms. The summed E-state index contributed by atoms with van der Waals surface area (Å²) < 4.78 is 19.2. The number of para-hydroxylation sites is 1. The van der Waals surface area contributed by atoms with Gasteiger partial charge in [-0.25, -0.2) is 9.37 Å². The number of nitrogens with zero attached hydrogens (tertiary/aromatic N) is 4. The van der Waals surface area contributed by atoms with E-state index < -0.39 is 0 Å². The molecular weight excluding hydrogens is 421 g/mol. The molecule has 2 aromatic carbocycles. The van der Waals surface area contributed by atoms with Crippen LogP contribution in [-0.2, 0) is 13.0 Å². The minimum atomic E-state index is -0.289. The molecule has 2 aromatic heterocycles. The van der Waals surface area contributed by atoms with E-state index in [2.05, 4.69) is 38.9 Å². The summed E-state index contributed by atoms with van der Waals surface area (Å²) in [6.07, 6.45) is 2.38. The average molecular weight is 450 g/mol. The number of nitrogens with one attached hydrogen (secondary N) is 1. The largest absolute Gasteiger partial charge is 0.339 e. The van der Waals surface area contributed by atoms with E-state index in [1.165, 1.54) is 6.07 Å². The first kappa shape index (κ1) is 22.8. The maximum Gasteiger partial charge on any atom is 0.258 e. The van der Waals surface area contributed by atoms with E-state index in [1.54, 1.807) is 25.1 Å². The maximum atomic E-state index is 13.8. The van der Waals surface area contributed by atoms with Gasteiger partial charge in [0.25, 0.3) is 5.56 Å². The van der Waals surface area contributed by atoms with Crippen LogP contribution < -0.4 is 5.56 Å². The van der Waals surface area contributed by atoms with Crippen molar-refractivity contribution in [3.05, 3.63) is 75.9 Å². The molecule has 0 aliphatic heterocycles. The van der Waals surface area contributed by atoms with Crippen LogP contribution in [-0.4, -0.2) is 37.6 Å². The van der Waals surface area contributed by atoms with Crippen molar-refractivity contribution in [1.29, 1.82) is 0 Å². The quantitative estimate of drug-likeness (QED) is 0.400. The van der Waals surface area contributed by atoms with Crippen LogP contribution in [0.25, 0.3) is 22.3 Å². The second-order valence-electron chi connectivity index (χ2n) is 8.34. The van der Waals surface area contributed by atoms with Gasteiger partial charge < -0.3 is 9.51 Å². The van der Waals surface area contributed by atoms with Crippen LogP contribution in [0.4, 0.5) is 4.39 Å². The Morgan fingerprint density at radius 1 is 1.18 bits per heavy atom. The third-order valence-corrected chi connectivity index (χ3v) is 5.96. The minimum Gasteiger partial charge on any atom is -0.339 e. The summed E-state index contributed by atoms with van der Waals surface area (Å²) in [5, 5.41) is 4.59. The van der Waals surface area contributed by atoms with Crippen molar-refractivity contribution in [2.24, 2.45) is 0 Å². The monoisotopic (exact) mass is 449 g/mol. The van der Waals surface area contributed by atoms with Gasteiger partial charge in [-0.3, -0.25) is 9.69 Å². The van der Waals surface area contributed by atoms with E-state index in [0.717, 1.165) is 19.4 Å². The Hall–Kier alpha value is -3.39. The van der Waals surface area contributed by atoms with E-state index in [4.69, 9.17) is 4.52 Å². The predicted molar refractivity (Wildman–Crippen MR) is 125 cm³/mol. The fraction of sp³-hybridized carbons (Fsp3) is 0.360. The number of halogens is 1. The number of fused-ring (bicyclic) bond motifs is 1. The van der Waals surface area contributed by atoms with E-state index in [1.807, 2.05) is 18.2 Å². The molecule has 1 atom stereocenters. The first-order chi connectivity index (χ1) is 15.9. The van der Waals surface area contributed by atoms with Crippen LogP contribution >= 0.6 is 0 Å². The highest BCUT2D eigenvalue weighted by Crippen LogP contribution is 2.20. The van der Waals surface area contributed by atoms with Crippen LogP contribution in [0.3, 0.4) is 0 Å². The summed E-state index contributed by atoms with van der Waals surface area (Å²) in [6, 6.07) is 12.6. The molecule has 0 aliphatic rings. The van der Waals surface area contributed by atoms with Crippen molar-refractivity contribution in [2.45, 2.75) is 52.6 Å². The van der Waals surface area contributed by atoms with Crippen molar-refractivity contribution in [3.63, 3.8) is 0 Å². The van der Waals surface area contributed by atoms with Gasteiger partial charge in [0.15, 0.2) is 0 Å². The molecule has 0 fully saturated rings. The molecule has 0 radical (unpaired) electrons. The SMILES string of the molecule is CCC(C)N(CCCc1nc(-c2ccc(C)c(F)c2)no1)Cc1nc2ccccc2c(=O)[nH]1. The van der Waals surface area contributed by atoms with Crippen molar-refractivity contribution < 1.29 is 8.91 Å². The second kappa shape index (κ2) is 10.0. The molecule has 0 bridgehead atoms.